The second-order valence-electron chi connectivity index (χ2n) is 5.18. The molecule has 1 aromatic carbocycles. The van der Waals surface area contributed by atoms with Crippen LogP contribution < -0.4 is 16.1 Å². The first kappa shape index (κ1) is 16.3. The summed E-state index contributed by atoms with van der Waals surface area (Å²) in [5.74, 6) is -1.48. The van der Waals surface area contributed by atoms with Gasteiger partial charge < -0.3 is 15.7 Å². The Balaban J connectivity index is 2.27. The normalized spacial score (nSPS) is 14.9. The van der Waals surface area contributed by atoms with Crippen LogP contribution in [0.25, 0.3) is 0 Å². The summed E-state index contributed by atoms with van der Waals surface area (Å²) >= 11 is 0. The van der Waals surface area contributed by atoms with Crippen LogP contribution in [0, 0.1) is 16.7 Å². The van der Waals surface area contributed by atoms with Crippen molar-refractivity contribution >= 4 is 28.9 Å². The number of hydrogen-bond donors (Lipinski definition) is 4. The maximum atomic E-state index is 11.5. The number of nitrogens with one attached hydrogen (secondary N) is 2. The van der Waals surface area contributed by atoms with E-state index < -0.39 is 11.8 Å². The van der Waals surface area contributed by atoms with Crippen molar-refractivity contribution in [3.63, 3.8) is 0 Å². The van der Waals surface area contributed by atoms with Gasteiger partial charge in [-0.25, -0.2) is 4.79 Å². The molecule has 1 aliphatic heterocycles. The lowest BCUT2D eigenvalue weighted by molar-refractivity contribution is 0.0697. The van der Waals surface area contributed by atoms with Crippen molar-refractivity contribution in [2.45, 2.75) is 19.3 Å². The Labute approximate surface area is 133 Å². The number of anilines is 2. The third-order valence-corrected chi connectivity index (χ3v) is 3.58. The maximum Gasteiger partial charge on any atom is 0.337 e. The topological polar surface area (TPSA) is 139 Å². The van der Waals surface area contributed by atoms with E-state index in [0.717, 1.165) is 32.4 Å². The second-order valence-corrected chi connectivity index (χ2v) is 5.18. The molecule has 1 fully saturated rings. The minimum Gasteiger partial charge on any atom is -0.478 e. The molecule has 0 saturated carbocycles. The van der Waals surface area contributed by atoms with Crippen molar-refractivity contribution in [2.75, 3.05) is 23.4 Å². The summed E-state index contributed by atoms with van der Waals surface area (Å²) < 4.78 is 0. The van der Waals surface area contributed by atoms with Crippen LogP contribution in [0.5, 0.6) is 0 Å². The minimum absolute atomic E-state index is 0.174. The van der Waals surface area contributed by atoms with E-state index in [2.05, 4.69) is 15.4 Å². The monoisotopic (exact) mass is 314 g/mol. The van der Waals surface area contributed by atoms with E-state index in [4.69, 9.17) is 16.4 Å². The number of hydrogen-bond acceptors (Lipinski definition) is 6. The van der Waals surface area contributed by atoms with Crippen LogP contribution in [0.4, 0.5) is 11.4 Å². The molecule has 1 aromatic rings. The average molecular weight is 314 g/mol. The number of nitrogens with two attached hydrogens (primary N) is 1. The Morgan fingerprint density at radius 1 is 1.39 bits per heavy atom. The van der Waals surface area contributed by atoms with Gasteiger partial charge in [-0.15, -0.1) is 0 Å². The molecule has 1 aliphatic rings. The zero-order valence-corrected chi connectivity index (χ0v) is 12.5. The fourth-order valence-electron chi connectivity index (χ4n) is 2.45. The quantitative estimate of drug-likeness (QED) is 0.370. The van der Waals surface area contributed by atoms with Gasteiger partial charge in [0, 0.05) is 13.1 Å². The Morgan fingerprint density at radius 2 is 2.09 bits per heavy atom. The highest BCUT2D eigenvalue weighted by Crippen LogP contribution is 2.27. The molecule has 0 radical (unpaired) electrons. The van der Waals surface area contributed by atoms with E-state index in [9.17, 15) is 9.90 Å². The van der Waals surface area contributed by atoms with Crippen molar-refractivity contribution in [1.82, 2.24) is 0 Å². The number of nitriles is 1. The largest absolute Gasteiger partial charge is 0.478 e. The Bertz CT molecular complexity index is 686. The van der Waals surface area contributed by atoms with Crippen molar-refractivity contribution in [3.8, 4) is 6.07 Å². The summed E-state index contributed by atoms with van der Waals surface area (Å²) in [5, 5.41) is 29.1. The first-order valence-electron chi connectivity index (χ1n) is 7.23. The van der Waals surface area contributed by atoms with Crippen LogP contribution in [0.2, 0.25) is 0 Å². The lowest BCUT2D eigenvalue weighted by Crippen LogP contribution is -2.30. The van der Waals surface area contributed by atoms with Crippen molar-refractivity contribution in [1.29, 1.82) is 10.7 Å². The summed E-state index contributed by atoms with van der Waals surface area (Å²) in [7, 11) is 0. The molecule has 0 aliphatic carbocycles. The standard InChI is InChI=1S/C15H18N6O2/c16-9-12(14(17)18)20-19-10-4-5-13(11(8-10)15(22)23)21-6-2-1-3-7-21/h4-5,8,19H,1-3,6-7H2,(H3,17,18)(H,22,23)/b20-12+. The molecule has 120 valence electrons. The van der Waals surface area contributed by atoms with Gasteiger partial charge in [0.1, 0.15) is 6.07 Å². The van der Waals surface area contributed by atoms with Crippen LogP contribution in [0.15, 0.2) is 23.3 Å². The number of carboxylic acid groups (broad SMARTS) is 1. The fraction of sp³-hybridized carbons (Fsp3) is 0.333. The van der Waals surface area contributed by atoms with Gasteiger partial charge in [0.05, 0.1) is 16.9 Å². The SMILES string of the molecule is N#C/C(=N\Nc1ccc(N2CCCCC2)c(C(=O)O)c1)C(=N)N. The second kappa shape index (κ2) is 7.26. The molecule has 0 aromatic heterocycles. The zero-order chi connectivity index (χ0) is 16.8. The van der Waals surface area contributed by atoms with E-state index in [1.165, 1.54) is 6.07 Å². The van der Waals surface area contributed by atoms with Crippen LogP contribution in [-0.4, -0.2) is 35.7 Å². The Hall–Kier alpha value is -3.08. The van der Waals surface area contributed by atoms with Gasteiger partial charge in [0.25, 0.3) is 0 Å². The first-order valence-corrected chi connectivity index (χ1v) is 7.23. The van der Waals surface area contributed by atoms with Crippen LogP contribution in [0.3, 0.4) is 0 Å². The number of piperidine rings is 1. The van der Waals surface area contributed by atoms with Gasteiger partial charge in [-0.1, -0.05) is 0 Å². The molecule has 8 heteroatoms. The highest BCUT2D eigenvalue weighted by Gasteiger charge is 2.18. The van der Waals surface area contributed by atoms with Gasteiger partial charge in [0.2, 0.25) is 5.71 Å². The summed E-state index contributed by atoms with van der Waals surface area (Å²) in [6.45, 7) is 1.68. The molecule has 0 bridgehead atoms. The number of aromatic carboxylic acids is 1. The summed E-state index contributed by atoms with van der Waals surface area (Å²) in [5.41, 5.74) is 8.77. The van der Waals surface area contributed by atoms with Gasteiger partial charge in [-0.2, -0.15) is 10.4 Å². The van der Waals surface area contributed by atoms with Crippen molar-refractivity contribution < 1.29 is 9.90 Å². The van der Waals surface area contributed by atoms with E-state index in [0.29, 0.717) is 11.4 Å². The number of amidine groups is 1. The van der Waals surface area contributed by atoms with E-state index in [-0.39, 0.29) is 11.3 Å². The van der Waals surface area contributed by atoms with Gasteiger partial charge >= 0.3 is 5.97 Å². The predicted molar refractivity (Wildman–Crippen MR) is 88.1 cm³/mol. The molecule has 0 spiro atoms. The van der Waals surface area contributed by atoms with Crippen LogP contribution in [-0.2, 0) is 0 Å². The molecular formula is C15H18N6O2. The van der Waals surface area contributed by atoms with Gasteiger partial charge in [0.15, 0.2) is 5.84 Å². The molecule has 0 unspecified atom stereocenters. The number of rotatable bonds is 5. The predicted octanol–water partition coefficient (Wildman–Crippen LogP) is 1.60. The van der Waals surface area contributed by atoms with Gasteiger partial charge in [-0.3, -0.25) is 10.8 Å². The molecule has 0 amide bonds. The number of nitrogens with zero attached hydrogens (tertiary/aromatic N) is 3. The molecule has 8 nitrogen and oxygen atoms in total. The minimum atomic E-state index is -1.02. The fourth-order valence-corrected chi connectivity index (χ4v) is 2.45. The summed E-state index contributed by atoms with van der Waals surface area (Å²) in [6, 6.07) is 6.57. The molecule has 1 heterocycles. The first-order chi connectivity index (χ1) is 11.0. The maximum absolute atomic E-state index is 11.5. The van der Waals surface area contributed by atoms with E-state index in [1.54, 1.807) is 18.2 Å². The lowest BCUT2D eigenvalue weighted by Gasteiger charge is -2.30. The Kier molecular flexibility index (Phi) is 5.15. The Morgan fingerprint density at radius 3 is 2.65 bits per heavy atom. The van der Waals surface area contributed by atoms with Crippen LogP contribution in [0.1, 0.15) is 29.6 Å². The summed E-state index contributed by atoms with van der Waals surface area (Å²) in [4.78, 5) is 13.6. The van der Waals surface area contributed by atoms with E-state index >= 15 is 0 Å². The van der Waals surface area contributed by atoms with Gasteiger partial charge in [-0.05, 0) is 37.5 Å². The lowest BCUT2D eigenvalue weighted by atomic mass is 10.1. The zero-order valence-electron chi connectivity index (χ0n) is 12.5. The smallest absolute Gasteiger partial charge is 0.337 e. The molecular weight excluding hydrogens is 296 g/mol. The highest BCUT2D eigenvalue weighted by molar-refractivity contribution is 6.45. The highest BCUT2D eigenvalue weighted by atomic mass is 16.4. The number of hydrazone groups is 1. The summed E-state index contributed by atoms with van der Waals surface area (Å²) in [6.07, 6.45) is 3.26. The molecule has 1 saturated heterocycles. The van der Waals surface area contributed by atoms with Crippen molar-refractivity contribution in [2.24, 2.45) is 10.8 Å². The number of carbonyl (C=O) groups is 1. The third-order valence-electron chi connectivity index (χ3n) is 3.58. The molecule has 5 N–H and O–H groups in total. The molecule has 2 rings (SSSR count). The van der Waals surface area contributed by atoms with Crippen LogP contribution >= 0.6 is 0 Å². The van der Waals surface area contributed by atoms with Crippen molar-refractivity contribution in [3.05, 3.63) is 23.8 Å². The molecule has 0 atom stereocenters. The third kappa shape index (κ3) is 3.97. The molecule has 23 heavy (non-hydrogen) atoms. The van der Waals surface area contributed by atoms with E-state index in [1.807, 2.05) is 0 Å². The number of benzene rings is 1. The average Bonchev–Trinajstić information content (AvgIpc) is 2.55. The number of carboxylic acids is 1.